The average molecular weight is 568 g/mol. The molecule has 0 aromatic rings. The van der Waals surface area contributed by atoms with Crippen molar-refractivity contribution < 1.29 is 51.6 Å². The Bertz CT molecular complexity index is 890. The van der Waals surface area contributed by atoms with Gasteiger partial charge in [0.2, 0.25) is 6.79 Å². The first kappa shape index (κ1) is 33.2. The third-order valence-electron chi connectivity index (χ3n) is 5.09. The number of ketones is 2. The molecule has 12 nitrogen and oxygen atoms in total. The van der Waals surface area contributed by atoms with E-state index < -0.39 is 43.7 Å². The van der Waals surface area contributed by atoms with Crippen LogP contribution in [0.15, 0.2) is 0 Å². The highest BCUT2D eigenvalue weighted by atomic mass is 32.2. The van der Waals surface area contributed by atoms with Crippen molar-refractivity contribution in [2.45, 2.75) is 85.3 Å². The maximum atomic E-state index is 12.9. The minimum absolute atomic E-state index is 0.00423. The van der Waals surface area contributed by atoms with Gasteiger partial charge in [0.15, 0.2) is 10.9 Å². The molecule has 1 unspecified atom stereocenters. The van der Waals surface area contributed by atoms with Crippen molar-refractivity contribution in [1.29, 1.82) is 0 Å². The number of phosphoric ester groups is 1. The molecule has 14 heteroatoms. The van der Waals surface area contributed by atoms with E-state index in [-0.39, 0.29) is 42.7 Å². The van der Waals surface area contributed by atoms with Gasteiger partial charge < -0.3 is 14.8 Å². The van der Waals surface area contributed by atoms with E-state index in [1.807, 2.05) is 0 Å². The minimum atomic E-state index is -4.21. The molecule has 212 valence electrons. The maximum absolute atomic E-state index is 12.9. The highest BCUT2D eigenvalue weighted by molar-refractivity contribution is 8.13. The van der Waals surface area contributed by atoms with Crippen LogP contribution in [0, 0.1) is 5.41 Å². The van der Waals surface area contributed by atoms with Crippen molar-refractivity contribution in [2.75, 3.05) is 25.8 Å². The zero-order chi connectivity index (χ0) is 28.3. The van der Waals surface area contributed by atoms with Crippen LogP contribution in [0.25, 0.3) is 0 Å². The Morgan fingerprint density at radius 3 is 2.32 bits per heavy atom. The number of phosphoric acid groups is 1. The molecule has 0 radical (unpaired) electrons. The maximum Gasteiger partial charge on any atom is 0.478 e. The smallest absolute Gasteiger partial charge is 0.463 e. The molecule has 1 heterocycles. The van der Waals surface area contributed by atoms with E-state index in [0.717, 1.165) is 0 Å². The second-order valence-electron chi connectivity index (χ2n) is 9.96. The summed E-state index contributed by atoms with van der Waals surface area (Å²) in [6, 6.07) is 0. The highest BCUT2D eigenvalue weighted by Gasteiger charge is 2.48. The quantitative estimate of drug-likeness (QED) is 0.131. The van der Waals surface area contributed by atoms with E-state index in [4.69, 9.17) is 23.0 Å². The van der Waals surface area contributed by atoms with Gasteiger partial charge in [-0.1, -0.05) is 25.6 Å². The molecule has 1 aliphatic rings. The van der Waals surface area contributed by atoms with Crippen molar-refractivity contribution in [2.24, 2.45) is 5.41 Å². The molecule has 0 spiro atoms. The number of nitrogens with one attached hydrogen (secondary N) is 1. The molecule has 0 aliphatic carbocycles. The molecule has 1 N–H and O–H groups in total. The lowest BCUT2D eigenvalue weighted by molar-refractivity contribution is -0.142. The molecule has 0 saturated carbocycles. The highest BCUT2D eigenvalue weighted by Crippen LogP contribution is 2.57. The van der Waals surface area contributed by atoms with Gasteiger partial charge >= 0.3 is 19.9 Å². The van der Waals surface area contributed by atoms with E-state index in [2.05, 4.69) is 5.32 Å². The number of carbonyl (C=O) groups is 5. The molecule has 0 aromatic carbocycles. The number of carbonyl (C=O) groups excluding carboxylic acids is 5. The third-order valence-corrected chi connectivity index (χ3v) is 7.33. The summed E-state index contributed by atoms with van der Waals surface area (Å²) in [5.41, 5.74) is -1.73. The van der Waals surface area contributed by atoms with E-state index in [1.54, 1.807) is 27.7 Å². The first-order valence-corrected chi connectivity index (χ1v) is 14.3. The summed E-state index contributed by atoms with van der Waals surface area (Å²) in [7, 11) is -4.21. The van der Waals surface area contributed by atoms with Crippen LogP contribution in [-0.4, -0.2) is 66.1 Å². The van der Waals surface area contributed by atoms with Crippen LogP contribution in [0.1, 0.15) is 73.6 Å². The van der Waals surface area contributed by atoms with Crippen LogP contribution in [-0.2, 0) is 46.8 Å². The predicted molar refractivity (Wildman–Crippen MR) is 135 cm³/mol. The molecule has 1 rings (SSSR count). The zero-order valence-electron chi connectivity index (χ0n) is 22.3. The number of rotatable bonds is 15. The predicted octanol–water partition coefficient (Wildman–Crippen LogP) is 3.95. The van der Waals surface area contributed by atoms with E-state index in [0.29, 0.717) is 25.0 Å². The fourth-order valence-corrected chi connectivity index (χ4v) is 5.27. The van der Waals surface area contributed by atoms with Crippen LogP contribution < -0.4 is 5.32 Å². The fourth-order valence-electron chi connectivity index (χ4n) is 3.16. The second kappa shape index (κ2) is 15.0. The van der Waals surface area contributed by atoms with Crippen molar-refractivity contribution in [3.63, 3.8) is 0 Å². The molecule has 37 heavy (non-hydrogen) atoms. The zero-order valence-corrected chi connectivity index (χ0v) is 24.0. The van der Waals surface area contributed by atoms with Gasteiger partial charge in [-0.25, -0.2) is 13.9 Å². The minimum Gasteiger partial charge on any atom is -0.463 e. The number of esters is 1. The molecule has 0 bridgehead atoms. The SMILES string of the molecule is CC(=O)OCC(C)(C)NC(=O)OCOP1(=O)OCC(C)(C)[C@H](C(=O)CCCC(=O)CCCSC(C)=O)O1. The topological polar surface area (TPSA) is 161 Å². The Morgan fingerprint density at radius 1 is 1.05 bits per heavy atom. The van der Waals surface area contributed by atoms with Gasteiger partial charge in [-0.3, -0.25) is 28.2 Å². The summed E-state index contributed by atoms with van der Waals surface area (Å²) in [6.45, 7) is 8.38. The van der Waals surface area contributed by atoms with Crippen LogP contribution in [0.4, 0.5) is 4.79 Å². The summed E-state index contributed by atoms with van der Waals surface area (Å²) >= 11 is 1.17. The first-order valence-electron chi connectivity index (χ1n) is 11.9. The van der Waals surface area contributed by atoms with Gasteiger partial charge in [0.25, 0.3) is 0 Å². The van der Waals surface area contributed by atoms with Gasteiger partial charge in [-0.05, 0) is 26.7 Å². The van der Waals surface area contributed by atoms with Gasteiger partial charge in [-0.2, -0.15) is 0 Å². The lowest BCUT2D eigenvalue weighted by Gasteiger charge is -2.39. The Hall–Kier alpha value is -1.79. The van der Waals surface area contributed by atoms with E-state index >= 15 is 0 Å². The second-order valence-corrected chi connectivity index (χ2v) is 12.9. The molecule has 1 saturated heterocycles. The van der Waals surface area contributed by atoms with Crippen molar-refractivity contribution >= 4 is 48.3 Å². The standard InChI is InChI=1S/C23H38NO11PS/c1-16(25)31-14-23(5,6)24-21(29)32-15-34-36(30)33-13-22(3,4)20(35-36)19(28)11-7-9-18(27)10-8-12-37-17(2)26/h20H,7-15H2,1-6H3,(H,24,29)/t20-,36?/m0/s1. The van der Waals surface area contributed by atoms with Crippen LogP contribution >= 0.6 is 19.6 Å². The van der Waals surface area contributed by atoms with E-state index in [9.17, 15) is 28.5 Å². The Labute approximate surface area is 221 Å². The molecule has 1 amide bonds. The number of hydrogen-bond donors (Lipinski definition) is 1. The number of alkyl carbamates (subject to hydrolysis) is 1. The third kappa shape index (κ3) is 13.5. The van der Waals surface area contributed by atoms with Crippen LogP contribution in [0.3, 0.4) is 0 Å². The van der Waals surface area contributed by atoms with E-state index in [1.165, 1.54) is 25.6 Å². The Balaban J connectivity index is 2.50. The van der Waals surface area contributed by atoms with Crippen LogP contribution in [0.2, 0.25) is 0 Å². The molecule has 1 fully saturated rings. The van der Waals surface area contributed by atoms with Crippen molar-refractivity contribution in [1.82, 2.24) is 5.32 Å². The molecule has 2 atom stereocenters. The summed E-state index contributed by atoms with van der Waals surface area (Å²) < 4.78 is 38.3. The molecule has 0 aromatic heterocycles. The Morgan fingerprint density at radius 2 is 1.70 bits per heavy atom. The number of ether oxygens (including phenoxy) is 2. The van der Waals surface area contributed by atoms with Gasteiger partial charge in [0.05, 0.1) is 12.1 Å². The Kier molecular flexibility index (Phi) is 13.4. The van der Waals surface area contributed by atoms with Crippen LogP contribution in [0.5, 0.6) is 0 Å². The normalized spacial score (nSPS) is 21.1. The lowest BCUT2D eigenvalue weighted by atomic mass is 9.84. The first-order chi connectivity index (χ1) is 17.1. The van der Waals surface area contributed by atoms with Crippen molar-refractivity contribution in [3.05, 3.63) is 0 Å². The number of Topliss-reactive ketones (excluding diaryl/α,β-unsaturated/α-hetero) is 2. The summed E-state index contributed by atoms with van der Waals surface area (Å²) in [6.07, 6.45) is -0.526. The van der Waals surface area contributed by atoms with Gasteiger partial charge in [-0.15, -0.1) is 0 Å². The lowest BCUT2D eigenvalue weighted by Crippen LogP contribution is -2.47. The number of thioether (sulfide) groups is 1. The fraction of sp³-hybridized carbons (Fsp3) is 0.783. The van der Waals surface area contributed by atoms with Gasteiger partial charge in [0.1, 0.15) is 18.5 Å². The summed E-state index contributed by atoms with van der Waals surface area (Å²) in [4.78, 5) is 58.7. The number of hydrogen-bond acceptors (Lipinski definition) is 12. The molecular weight excluding hydrogens is 529 g/mol. The summed E-state index contributed by atoms with van der Waals surface area (Å²) in [5.74, 6) is -0.265. The van der Waals surface area contributed by atoms with Gasteiger partial charge in [0, 0.05) is 44.3 Å². The average Bonchev–Trinajstić information content (AvgIpc) is 2.77. The molecule has 1 aliphatic heterocycles. The largest absolute Gasteiger partial charge is 0.478 e. The van der Waals surface area contributed by atoms with Crippen molar-refractivity contribution in [3.8, 4) is 0 Å². The molecular formula is C23H38NO11PS. The monoisotopic (exact) mass is 567 g/mol. The number of amides is 1. The summed E-state index contributed by atoms with van der Waals surface area (Å²) in [5, 5.41) is 2.48.